The first kappa shape index (κ1) is 11.5. The molecule has 16 heavy (non-hydrogen) atoms. The molecule has 5 heteroatoms. The fourth-order valence-corrected chi connectivity index (χ4v) is 2.19. The SMILES string of the molecule is CC1CN(C(=O)c2cnn(C)c2)CCC1Cl. The van der Waals surface area contributed by atoms with E-state index in [0.29, 0.717) is 11.5 Å². The first-order chi connectivity index (χ1) is 7.58. The summed E-state index contributed by atoms with van der Waals surface area (Å²) in [7, 11) is 1.81. The molecule has 1 aromatic heterocycles. The van der Waals surface area contributed by atoms with Crippen molar-refractivity contribution in [2.24, 2.45) is 13.0 Å². The zero-order valence-corrected chi connectivity index (χ0v) is 10.3. The van der Waals surface area contributed by atoms with Gasteiger partial charge in [-0.05, 0) is 12.3 Å². The zero-order valence-electron chi connectivity index (χ0n) is 9.56. The van der Waals surface area contributed by atoms with Crippen LogP contribution in [0.3, 0.4) is 0 Å². The predicted molar refractivity (Wildman–Crippen MR) is 62.5 cm³/mol. The van der Waals surface area contributed by atoms with E-state index in [1.807, 2.05) is 11.9 Å². The number of hydrogen-bond acceptors (Lipinski definition) is 2. The Morgan fingerprint density at radius 3 is 2.94 bits per heavy atom. The van der Waals surface area contributed by atoms with Gasteiger partial charge in [0.1, 0.15) is 0 Å². The summed E-state index contributed by atoms with van der Waals surface area (Å²) in [6.45, 7) is 3.56. The van der Waals surface area contributed by atoms with E-state index in [0.717, 1.165) is 19.5 Å². The summed E-state index contributed by atoms with van der Waals surface area (Å²) in [5, 5.41) is 4.20. The molecule has 88 valence electrons. The number of hydrogen-bond donors (Lipinski definition) is 0. The van der Waals surface area contributed by atoms with Gasteiger partial charge in [0.25, 0.3) is 5.91 Å². The molecule has 1 aromatic rings. The van der Waals surface area contributed by atoms with E-state index in [1.165, 1.54) is 0 Å². The molecule has 0 aliphatic carbocycles. The monoisotopic (exact) mass is 241 g/mol. The molecule has 2 heterocycles. The molecule has 0 saturated carbocycles. The molecule has 0 N–H and O–H groups in total. The highest BCUT2D eigenvalue weighted by Gasteiger charge is 2.28. The van der Waals surface area contributed by atoms with Crippen LogP contribution in [-0.2, 0) is 7.05 Å². The second-order valence-electron chi connectivity index (χ2n) is 4.44. The van der Waals surface area contributed by atoms with Crippen molar-refractivity contribution in [3.8, 4) is 0 Å². The lowest BCUT2D eigenvalue weighted by molar-refractivity contribution is 0.0687. The van der Waals surface area contributed by atoms with Crippen molar-refractivity contribution in [1.82, 2.24) is 14.7 Å². The van der Waals surface area contributed by atoms with Crippen LogP contribution in [0.4, 0.5) is 0 Å². The van der Waals surface area contributed by atoms with E-state index in [-0.39, 0.29) is 11.3 Å². The molecule has 1 saturated heterocycles. The number of alkyl halides is 1. The highest BCUT2D eigenvalue weighted by atomic mass is 35.5. The van der Waals surface area contributed by atoms with Crippen LogP contribution in [0.5, 0.6) is 0 Å². The molecule has 1 amide bonds. The molecular formula is C11H16ClN3O. The lowest BCUT2D eigenvalue weighted by atomic mass is 9.99. The minimum atomic E-state index is 0.0588. The highest BCUT2D eigenvalue weighted by Crippen LogP contribution is 2.22. The first-order valence-corrected chi connectivity index (χ1v) is 5.93. The first-order valence-electron chi connectivity index (χ1n) is 5.50. The summed E-state index contributed by atoms with van der Waals surface area (Å²) < 4.78 is 1.64. The van der Waals surface area contributed by atoms with Crippen LogP contribution in [-0.4, -0.2) is 39.1 Å². The largest absolute Gasteiger partial charge is 0.338 e. The third-order valence-corrected chi connectivity index (χ3v) is 3.69. The number of aryl methyl sites for hydroxylation is 1. The van der Waals surface area contributed by atoms with Crippen molar-refractivity contribution in [3.05, 3.63) is 18.0 Å². The summed E-state index contributed by atoms with van der Waals surface area (Å²) in [6, 6.07) is 0. The number of halogens is 1. The number of carbonyl (C=O) groups is 1. The van der Waals surface area contributed by atoms with Crippen molar-refractivity contribution in [2.75, 3.05) is 13.1 Å². The van der Waals surface area contributed by atoms with Gasteiger partial charge in [-0.25, -0.2) is 0 Å². The fraction of sp³-hybridized carbons (Fsp3) is 0.636. The summed E-state index contributed by atoms with van der Waals surface area (Å²) in [5.41, 5.74) is 0.655. The smallest absolute Gasteiger partial charge is 0.257 e. The topological polar surface area (TPSA) is 38.1 Å². The third-order valence-electron chi connectivity index (χ3n) is 3.04. The van der Waals surface area contributed by atoms with Gasteiger partial charge in [0.15, 0.2) is 0 Å². The average Bonchev–Trinajstić information content (AvgIpc) is 2.68. The lowest BCUT2D eigenvalue weighted by Crippen LogP contribution is -2.43. The minimum Gasteiger partial charge on any atom is -0.338 e. The fourth-order valence-electron chi connectivity index (χ4n) is 2.02. The number of likely N-dealkylation sites (tertiary alicyclic amines) is 1. The Bertz CT molecular complexity index is 390. The Labute approximate surface area is 100 Å². The Balaban J connectivity index is 2.06. The minimum absolute atomic E-state index is 0.0588. The molecule has 1 fully saturated rings. The lowest BCUT2D eigenvalue weighted by Gasteiger charge is -2.33. The molecule has 0 bridgehead atoms. The second-order valence-corrected chi connectivity index (χ2v) is 5.00. The van der Waals surface area contributed by atoms with E-state index < -0.39 is 0 Å². The Morgan fingerprint density at radius 1 is 1.62 bits per heavy atom. The van der Waals surface area contributed by atoms with Crippen LogP contribution < -0.4 is 0 Å². The normalized spacial score (nSPS) is 25.8. The number of rotatable bonds is 1. The predicted octanol–water partition coefficient (Wildman–Crippen LogP) is 1.51. The average molecular weight is 242 g/mol. The molecule has 2 unspecified atom stereocenters. The Hall–Kier alpha value is -1.03. The van der Waals surface area contributed by atoms with Crippen molar-refractivity contribution in [2.45, 2.75) is 18.7 Å². The number of aromatic nitrogens is 2. The Morgan fingerprint density at radius 2 is 2.38 bits per heavy atom. The number of nitrogens with zero attached hydrogens (tertiary/aromatic N) is 3. The van der Waals surface area contributed by atoms with Gasteiger partial charge in [-0.2, -0.15) is 5.10 Å². The van der Waals surface area contributed by atoms with Crippen LogP contribution in [0.25, 0.3) is 0 Å². The van der Waals surface area contributed by atoms with Crippen molar-refractivity contribution in [1.29, 1.82) is 0 Å². The van der Waals surface area contributed by atoms with Crippen molar-refractivity contribution < 1.29 is 4.79 Å². The van der Waals surface area contributed by atoms with Crippen LogP contribution in [0.1, 0.15) is 23.7 Å². The van der Waals surface area contributed by atoms with E-state index >= 15 is 0 Å². The molecule has 0 aromatic carbocycles. The summed E-state index contributed by atoms with van der Waals surface area (Å²) in [5.74, 6) is 0.416. The van der Waals surface area contributed by atoms with Crippen molar-refractivity contribution >= 4 is 17.5 Å². The van der Waals surface area contributed by atoms with Crippen LogP contribution in [0.2, 0.25) is 0 Å². The highest BCUT2D eigenvalue weighted by molar-refractivity contribution is 6.20. The molecule has 1 aliphatic heterocycles. The van der Waals surface area contributed by atoms with Crippen LogP contribution in [0, 0.1) is 5.92 Å². The molecule has 4 nitrogen and oxygen atoms in total. The third kappa shape index (κ3) is 2.21. The quantitative estimate of drug-likeness (QED) is 0.699. The molecular weight excluding hydrogens is 226 g/mol. The van der Waals surface area contributed by atoms with Gasteiger partial charge in [-0.3, -0.25) is 9.48 Å². The number of carbonyl (C=O) groups excluding carboxylic acids is 1. The molecule has 0 radical (unpaired) electrons. The van der Waals surface area contributed by atoms with Gasteiger partial charge >= 0.3 is 0 Å². The van der Waals surface area contributed by atoms with Gasteiger partial charge in [-0.15, -0.1) is 11.6 Å². The van der Waals surface area contributed by atoms with Gasteiger partial charge in [0.2, 0.25) is 0 Å². The summed E-state index contributed by atoms with van der Waals surface area (Å²) >= 11 is 6.13. The second kappa shape index (κ2) is 4.45. The molecule has 2 atom stereocenters. The maximum absolute atomic E-state index is 12.1. The van der Waals surface area contributed by atoms with E-state index in [1.54, 1.807) is 17.1 Å². The van der Waals surface area contributed by atoms with Crippen molar-refractivity contribution in [3.63, 3.8) is 0 Å². The molecule has 1 aliphatic rings. The van der Waals surface area contributed by atoms with Gasteiger partial charge in [0.05, 0.1) is 11.8 Å². The number of amides is 1. The van der Waals surface area contributed by atoms with E-state index in [4.69, 9.17) is 11.6 Å². The zero-order chi connectivity index (χ0) is 11.7. The molecule has 0 spiro atoms. The van der Waals surface area contributed by atoms with Gasteiger partial charge < -0.3 is 4.90 Å². The van der Waals surface area contributed by atoms with Crippen LogP contribution >= 0.6 is 11.6 Å². The summed E-state index contributed by atoms with van der Waals surface area (Å²) in [4.78, 5) is 14.0. The van der Waals surface area contributed by atoms with Crippen LogP contribution in [0.15, 0.2) is 12.4 Å². The number of piperidine rings is 1. The summed E-state index contributed by atoms with van der Waals surface area (Å²) in [6.07, 6.45) is 4.23. The molecule has 2 rings (SSSR count). The van der Waals surface area contributed by atoms with Gasteiger partial charge in [-0.1, -0.05) is 6.92 Å². The van der Waals surface area contributed by atoms with E-state index in [2.05, 4.69) is 12.0 Å². The maximum atomic E-state index is 12.1. The van der Waals surface area contributed by atoms with E-state index in [9.17, 15) is 4.79 Å². The standard InChI is InChI=1S/C11H16ClN3O/c1-8-6-15(4-3-10(8)12)11(16)9-5-13-14(2)7-9/h5,7-8,10H,3-4,6H2,1-2H3. The van der Waals surface area contributed by atoms with Gasteiger partial charge in [0, 0.05) is 31.7 Å². The Kier molecular flexibility index (Phi) is 3.19. The maximum Gasteiger partial charge on any atom is 0.257 e.